The van der Waals surface area contributed by atoms with E-state index in [4.69, 9.17) is 0 Å². The predicted molar refractivity (Wildman–Crippen MR) is 120 cm³/mol. The quantitative estimate of drug-likeness (QED) is 0.472. The average molecular weight is 473 g/mol. The molecule has 0 unspecified atom stereocenters. The zero-order valence-corrected chi connectivity index (χ0v) is 18.6. The van der Waals surface area contributed by atoms with Crippen LogP contribution in [0, 0.1) is 5.82 Å². The number of hydrogen-bond donors (Lipinski definition) is 3. The van der Waals surface area contributed by atoms with Gasteiger partial charge in [-0.1, -0.05) is 0 Å². The van der Waals surface area contributed by atoms with Crippen LogP contribution in [0.1, 0.15) is 20.7 Å². The molecule has 10 nitrogen and oxygen atoms in total. The summed E-state index contributed by atoms with van der Waals surface area (Å²) in [6.07, 6.45) is 3.26. The number of aromatic carboxylic acids is 1. The lowest BCUT2D eigenvalue weighted by molar-refractivity contribution is 0.0696. The third-order valence-corrected chi connectivity index (χ3v) is 5.56. The first-order valence-electron chi connectivity index (χ1n) is 9.40. The number of carboxylic acids is 1. The van der Waals surface area contributed by atoms with Crippen LogP contribution in [0.25, 0.3) is 0 Å². The van der Waals surface area contributed by atoms with Crippen LogP contribution in [0.4, 0.5) is 27.4 Å². The van der Waals surface area contributed by atoms with Crippen molar-refractivity contribution in [2.75, 3.05) is 31.0 Å². The molecule has 0 aliphatic rings. The largest absolute Gasteiger partial charge is 0.478 e. The van der Waals surface area contributed by atoms with E-state index in [-0.39, 0.29) is 33.2 Å². The summed E-state index contributed by atoms with van der Waals surface area (Å²) in [7, 11) is -0.728. The molecule has 3 aromatic rings. The Morgan fingerprint density at radius 3 is 2.24 bits per heavy atom. The van der Waals surface area contributed by atoms with Crippen molar-refractivity contribution in [1.29, 1.82) is 0 Å². The van der Waals surface area contributed by atoms with Crippen molar-refractivity contribution >= 4 is 44.7 Å². The molecule has 2 heterocycles. The molecule has 2 aromatic heterocycles. The maximum Gasteiger partial charge on any atom is 0.335 e. The summed E-state index contributed by atoms with van der Waals surface area (Å²) in [5.41, 5.74) is 0.220. The topological polar surface area (TPSA) is 142 Å². The normalized spacial score (nSPS) is 11.0. The van der Waals surface area contributed by atoms with E-state index in [1.807, 2.05) is 0 Å². The van der Waals surface area contributed by atoms with Crippen molar-refractivity contribution in [2.24, 2.45) is 0 Å². The zero-order valence-electron chi connectivity index (χ0n) is 17.8. The molecule has 0 aliphatic heterocycles. The first kappa shape index (κ1) is 23.6. The molecule has 0 aliphatic carbocycles. The van der Waals surface area contributed by atoms with Gasteiger partial charge in [0.2, 0.25) is 0 Å². The van der Waals surface area contributed by atoms with Crippen LogP contribution in [0.15, 0.2) is 53.7 Å². The molecule has 0 saturated heterocycles. The van der Waals surface area contributed by atoms with Gasteiger partial charge in [-0.25, -0.2) is 27.6 Å². The Kier molecular flexibility index (Phi) is 6.58. The summed E-state index contributed by atoms with van der Waals surface area (Å²) >= 11 is 0. The molecule has 0 bridgehead atoms. The maximum absolute atomic E-state index is 13.1. The molecule has 172 valence electrons. The summed E-state index contributed by atoms with van der Waals surface area (Å²) in [6.45, 7) is 0. The summed E-state index contributed by atoms with van der Waals surface area (Å²) in [6, 6.07) is 7.65. The van der Waals surface area contributed by atoms with Gasteiger partial charge in [-0.2, -0.15) is 0 Å². The zero-order chi connectivity index (χ0) is 24.3. The minimum absolute atomic E-state index is 0.0763. The molecular weight excluding hydrogens is 453 g/mol. The fraction of sp³-hybridized carbons (Fsp3) is 0.143. The highest BCUT2D eigenvalue weighted by Crippen LogP contribution is 2.30. The number of amides is 1. The number of nitrogens with zero attached hydrogens (tertiary/aromatic N) is 3. The minimum Gasteiger partial charge on any atom is -0.478 e. The number of carbonyl (C=O) groups is 2. The van der Waals surface area contributed by atoms with Crippen molar-refractivity contribution in [3.05, 3.63) is 65.7 Å². The number of pyridine rings is 2. The number of halogens is 1. The summed E-state index contributed by atoms with van der Waals surface area (Å²) < 4.78 is 37.7. The molecular formula is C21H20FN5O5S. The highest BCUT2D eigenvalue weighted by molar-refractivity contribution is 7.90. The molecule has 0 saturated carbocycles. The average Bonchev–Trinajstić information content (AvgIpc) is 2.74. The van der Waals surface area contributed by atoms with Gasteiger partial charge in [-0.15, -0.1) is 0 Å². The van der Waals surface area contributed by atoms with Gasteiger partial charge in [-0.05, 0) is 30.3 Å². The van der Waals surface area contributed by atoms with Crippen molar-refractivity contribution in [3.8, 4) is 0 Å². The number of nitrogens with one attached hydrogen (secondary N) is 2. The van der Waals surface area contributed by atoms with Crippen LogP contribution in [-0.2, 0) is 9.84 Å². The minimum atomic E-state index is -3.82. The smallest absolute Gasteiger partial charge is 0.335 e. The first-order chi connectivity index (χ1) is 15.5. The maximum atomic E-state index is 13.1. The van der Waals surface area contributed by atoms with Crippen molar-refractivity contribution in [3.63, 3.8) is 0 Å². The first-order valence-corrected chi connectivity index (χ1v) is 11.3. The number of hydrogen-bond acceptors (Lipinski definition) is 8. The molecule has 0 spiro atoms. The SMILES string of the molecule is CN(C)C(=O)c1cnc(Nc2ccc(F)cn2)cc1Nc1ccc(C(=O)O)cc1S(C)(=O)=O. The van der Waals surface area contributed by atoms with Gasteiger partial charge in [0.05, 0.1) is 33.6 Å². The number of rotatable bonds is 7. The molecule has 1 aromatic carbocycles. The fourth-order valence-electron chi connectivity index (χ4n) is 2.83. The van der Waals surface area contributed by atoms with Gasteiger partial charge in [-0.3, -0.25) is 4.79 Å². The Balaban J connectivity index is 2.09. The van der Waals surface area contributed by atoms with E-state index in [9.17, 15) is 27.5 Å². The second kappa shape index (κ2) is 9.20. The Labute approximate surface area is 189 Å². The fourth-order valence-corrected chi connectivity index (χ4v) is 3.69. The highest BCUT2D eigenvalue weighted by atomic mass is 32.2. The third kappa shape index (κ3) is 5.60. The molecule has 3 rings (SSSR count). The van der Waals surface area contributed by atoms with E-state index in [1.54, 1.807) is 14.1 Å². The van der Waals surface area contributed by atoms with Gasteiger partial charge in [0, 0.05) is 32.6 Å². The number of anilines is 4. The Bertz CT molecular complexity index is 1330. The van der Waals surface area contributed by atoms with Crippen LogP contribution >= 0.6 is 0 Å². The third-order valence-electron chi connectivity index (χ3n) is 4.42. The van der Waals surface area contributed by atoms with E-state index in [1.165, 1.54) is 41.4 Å². The Morgan fingerprint density at radius 2 is 1.67 bits per heavy atom. The van der Waals surface area contributed by atoms with Crippen molar-refractivity contribution < 1.29 is 27.5 Å². The van der Waals surface area contributed by atoms with E-state index in [0.29, 0.717) is 5.82 Å². The van der Waals surface area contributed by atoms with Crippen LogP contribution in [-0.4, -0.2) is 60.6 Å². The van der Waals surface area contributed by atoms with Crippen molar-refractivity contribution in [1.82, 2.24) is 14.9 Å². The number of carboxylic acid groups (broad SMARTS) is 1. The summed E-state index contributed by atoms with van der Waals surface area (Å²) in [4.78, 5) is 33.1. The Hall–Kier alpha value is -4.06. The van der Waals surface area contributed by atoms with E-state index in [0.717, 1.165) is 18.5 Å². The van der Waals surface area contributed by atoms with Crippen molar-refractivity contribution in [2.45, 2.75) is 4.90 Å². The molecule has 0 atom stereocenters. The van der Waals surface area contributed by atoms with Crippen LogP contribution in [0.5, 0.6) is 0 Å². The second-order valence-corrected chi connectivity index (χ2v) is 9.20. The van der Waals surface area contributed by atoms with Gasteiger partial charge in [0.25, 0.3) is 5.91 Å². The van der Waals surface area contributed by atoms with Gasteiger partial charge in [0.15, 0.2) is 9.84 Å². The number of benzene rings is 1. The lowest BCUT2D eigenvalue weighted by Crippen LogP contribution is -2.23. The van der Waals surface area contributed by atoms with Crippen LogP contribution in [0.3, 0.4) is 0 Å². The number of carbonyl (C=O) groups excluding carboxylic acids is 1. The number of sulfone groups is 1. The van der Waals surface area contributed by atoms with Crippen LogP contribution < -0.4 is 10.6 Å². The monoisotopic (exact) mass is 473 g/mol. The standard InChI is InChI=1S/C21H20FN5O5S/c1-27(2)20(28)14-11-24-19(26-18-7-5-13(22)10-23-18)9-16(14)25-15-6-4-12(21(29)30)8-17(15)33(3,31)32/h4-11H,1-3H3,(H,29,30)(H2,23,24,25,26). The van der Waals surface area contributed by atoms with Gasteiger partial charge >= 0.3 is 5.97 Å². The summed E-state index contributed by atoms with van der Waals surface area (Å²) in [5.74, 6) is -1.66. The van der Waals surface area contributed by atoms with Crippen LogP contribution in [0.2, 0.25) is 0 Å². The molecule has 1 amide bonds. The second-order valence-electron chi connectivity index (χ2n) is 7.21. The molecule has 3 N–H and O–H groups in total. The lowest BCUT2D eigenvalue weighted by atomic mass is 10.1. The molecule has 0 radical (unpaired) electrons. The molecule has 12 heteroatoms. The van der Waals surface area contributed by atoms with E-state index < -0.39 is 27.5 Å². The number of aromatic nitrogens is 2. The van der Waals surface area contributed by atoms with Gasteiger partial charge in [0.1, 0.15) is 17.5 Å². The predicted octanol–water partition coefficient (Wildman–Crippen LogP) is 2.91. The molecule has 0 fully saturated rings. The summed E-state index contributed by atoms with van der Waals surface area (Å²) in [5, 5.41) is 15.0. The van der Waals surface area contributed by atoms with Gasteiger partial charge < -0.3 is 20.6 Å². The van der Waals surface area contributed by atoms with E-state index in [2.05, 4.69) is 20.6 Å². The molecule has 33 heavy (non-hydrogen) atoms. The highest BCUT2D eigenvalue weighted by Gasteiger charge is 2.20. The lowest BCUT2D eigenvalue weighted by Gasteiger charge is -2.18. The van der Waals surface area contributed by atoms with E-state index >= 15 is 0 Å². The Morgan fingerprint density at radius 1 is 0.970 bits per heavy atom.